The molecule has 0 atom stereocenters. The van der Waals surface area contributed by atoms with E-state index in [2.05, 4.69) is 43.9 Å². The first-order valence-electron chi connectivity index (χ1n) is 6.23. The highest BCUT2D eigenvalue weighted by Crippen LogP contribution is 2.27. The molecule has 0 aliphatic rings. The van der Waals surface area contributed by atoms with Crippen molar-refractivity contribution >= 4 is 8.32 Å². The standard InChI is InChI=1S/C16H19OSi/c1-18(2,3)17-16(14-10-6-4-7-11-14)15-12-8-5-9-13-15/h4-13H,1-3H3. The normalized spacial score (nSPS) is 11.8. The first kappa shape index (κ1) is 13.1. The fourth-order valence-corrected chi connectivity index (χ4v) is 2.62. The zero-order chi connectivity index (χ0) is 13.0. The molecule has 0 aliphatic carbocycles. The monoisotopic (exact) mass is 255 g/mol. The van der Waals surface area contributed by atoms with Crippen molar-refractivity contribution in [1.29, 1.82) is 0 Å². The summed E-state index contributed by atoms with van der Waals surface area (Å²) in [6.45, 7) is 6.62. The van der Waals surface area contributed by atoms with Gasteiger partial charge in [0.15, 0.2) is 8.32 Å². The molecule has 1 nitrogen and oxygen atoms in total. The molecule has 0 aliphatic heterocycles. The summed E-state index contributed by atoms with van der Waals surface area (Å²) in [5.41, 5.74) is 2.29. The zero-order valence-corrected chi connectivity index (χ0v) is 12.2. The van der Waals surface area contributed by atoms with Gasteiger partial charge in [-0.15, -0.1) is 0 Å². The fraction of sp³-hybridized carbons (Fsp3) is 0.188. The third kappa shape index (κ3) is 3.55. The SMILES string of the molecule is C[Si](C)(C)O[C](c1ccccc1)c1ccccc1. The van der Waals surface area contributed by atoms with Crippen molar-refractivity contribution in [3.63, 3.8) is 0 Å². The second-order valence-corrected chi connectivity index (χ2v) is 9.70. The summed E-state index contributed by atoms with van der Waals surface area (Å²) in [5, 5.41) is 0. The van der Waals surface area contributed by atoms with Crippen molar-refractivity contribution in [3.05, 3.63) is 77.9 Å². The van der Waals surface area contributed by atoms with E-state index >= 15 is 0 Å². The van der Waals surface area contributed by atoms with E-state index < -0.39 is 8.32 Å². The van der Waals surface area contributed by atoms with Crippen LogP contribution in [0.15, 0.2) is 60.7 Å². The molecule has 2 aromatic carbocycles. The van der Waals surface area contributed by atoms with Gasteiger partial charge in [0.05, 0.1) is 0 Å². The second-order valence-electron chi connectivity index (χ2n) is 5.28. The summed E-state index contributed by atoms with van der Waals surface area (Å²) in [5.74, 6) is 0. The maximum Gasteiger partial charge on any atom is 0.185 e. The van der Waals surface area contributed by atoms with Crippen LogP contribution >= 0.6 is 0 Å². The van der Waals surface area contributed by atoms with Gasteiger partial charge >= 0.3 is 0 Å². The molecule has 18 heavy (non-hydrogen) atoms. The Balaban J connectivity index is 2.36. The number of benzene rings is 2. The summed E-state index contributed by atoms with van der Waals surface area (Å²) in [7, 11) is -1.62. The van der Waals surface area contributed by atoms with Crippen LogP contribution in [0.3, 0.4) is 0 Å². The van der Waals surface area contributed by atoms with Crippen molar-refractivity contribution in [2.45, 2.75) is 19.6 Å². The van der Waals surface area contributed by atoms with Crippen LogP contribution in [0.4, 0.5) is 0 Å². The third-order valence-corrected chi connectivity index (χ3v) is 3.30. The average molecular weight is 255 g/mol. The van der Waals surface area contributed by atoms with Crippen LogP contribution in [-0.2, 0) is 4.43 Å². The first-order valence-corrected chi connectivity index (χ1v) is 9.64. The maximum absolute atomic E-state index is 6.27. The highest BCUT2D eigenvalue weighted by atomic mass is 28.4. The van der Waals surface area contributed by atoms with Gasteiger partial charge in [0.2, 0.25) is 0 Å². The van der Waals surface area contributed by atoms with Crippen molar-refractivity contribution in [1.82, 2.24) is 0 Å². The molecule has 0 spiro atoms. The zero-order valence-electron chi connectivity index (χ0n) is 11.2. The lowest BCUT2D eigenvalue weighted by Crippen LogP contribution is -2.28. The van der Waals surface area contributed by atoms with E-state index in [1.165, 1.54) is 0 Å². The van der Waals surface area contributed by atoms with Gasteiger partial charge in [0.1, 0.15) is 6.10 Å². The summed E-state index contributed by atoms with van der Waals surface area (Å²) in [6, 6.07) is 20.6. The lowest BCUT2D eigenvalue weighted by Gasteiger charge is -2.26. The third-order valence-electron chi connectivity index (χ3n) is 2.48. The lowest BCUT2D eigenvalue weighted by atomic mass is 10.0. The Labute approximate surface area is 111 Å². The van der Waals surface area contributed by atoms with E-state index in [4.69, 9.17) is 4.43 Å². The predicted molar refractivity (Wildman–Crippen MR) is 78.8 cm³/mol. The van der Waals surface area contributed by atoms with E-state index in [0.717, 1.165) is 17.2 Å². The van der Waals surface area contributed by atoms with Crippen LogP contribution in [0.2, 0.25) is 19.6 Å². The highest BCUT2D eigenvalue weighted by Gasteiger charge is 2.24. The molecule has 0 unspecified atom stereocenters. The van der Waals surface area contributed by atoms with Gasteiger partial charge in [0.25, 0.3) is 0 Å². The minimum Gasteiger partial charge on any atom is -0.401 e. The van der Waals surface area contributed by atoms with Crippen molar-refractivity contribution < 1.29 is 4.43 Å². The topological polar surface area (TPSA) is 9.23 Å². The summed E-state index contributed by atoms with van der Waals surface area (Å²) in [4.78, 5) is 0. The van der Waals surface area contributed by atoms with Gasteiger partial charge in [0, 0.05) is 0 Å². The Kier molecular flexibility index (Phi) is 3.99. The summed E-state index contributed by atoms with van der Waals surface area (Å²) >= 11 is 0. The Bertz CT molecular complexity index is 434. The van der Waals surface area contributed by atoms with Crippen LogP contribution in [0.1, 0.15) is 11.1 Å². The van der Waals surface area contributed by atoms with Crippen molar-refractivity contribution in [2.75, 3.05) is 0 Å². The molecule has 2 heteroatoms. The van der Waals surface area contributed by atoms with E-state index in [0.29, 0.717) is 0 Å². The van der Waals surface area contributed by atoms with Gasteiger partial charge in [-0.2, -0.15) is 0 Å². The van der Waals surface area contributed by atoms with Crippen LogP contribution in [0.25, 0.3) is 0 Å². The molecule has 0 saturated carbocycles. The van der Waals surface area contributed by atoms with Gasteiger partial charge in [-0.3, -0.25) is 0 Å². The smallest absolute Gasteiger partial charge is 0.185 e. The molecule has 0 fully saturated rings. The molecule has 2 aromatic rings. The Morgan fingerprint density at radius 1 is 0.722 bits per heavy atom. The van der Waals surface area contributed by atoms with E-state index in [9.17, 15) is 0 Å². The van der Waals surface area contributed by atoms with Gasteiger partial charge in [-0.25, -0.2) is 0 Å². The van der Waals surface area contributed by atoms with Crippen LogP contribution in [0, 0.1) is 6.10 Å². The molecule has 0 N–H and O–H groups in total. The number of hydrogen-bond acceptors (Lipinski definition) is 1. The van der Waals surface area contributed by atoms with Gasteiger partial charge < -0.3 is 4.43 Å². The lowest BCUT2D eigenvalue weighted by molar-refractivity contribution is 0.370. The summed E-state index contributed by atoms with van der Waals surface area (Å²) < 4.78 is 6.27. The molecule has 0 aromatic heterocycles. The number of hydrogen-bond donors (Lipinski definition) is 0. The molecule has 0 bridgehead atoms. The highest BCUT2D eigenvalue weighted by molar-refractivity contribution is 6.70. The van der Waals surface area contributed by atoms with Crippen LogP contribution in [-0.4, -0.2) is 8.32 Å². The number of rotatable bonds is 4. The van der Waals surface area contributed by atoms with Crippen LogP contribution < -0.4 is 0 Å². The molecule has 0 heterocycles. The predicted octanol–water partition coefficient (Wildman–Crippen LogP) is 4.47. The average Bonchev–Trinajstić information content (AvgIpc) is 2.37. The molecule has 0 saturated heterocycles. The molecule has 0 amide bonds. The molecule has 1 radical (unpaired) electrons. The minimum absolute atomic E-state index is 0.996. The Morgan fingerprint density at radius 2 is 1.11 bits per heavy atom. The molecular weight excluding hydrogens is 236 g/mol. The van der Waals surface area contributed by atoms with Gasteiger partial charge in [-0.05, 0) is 30.8 Å². The Morgan fingerprint density at radius 3 is 1.44 bits per heavy atom. The van der Waals surface area contributed by atoms with E-state index in [-0.39, 0.29) is 0 Å². The fourth-order valence-electron chi connectivity index (χ4n) is 1.77. The maximum atomic E-state index is 6.27. The molecule has 93 valence electrons. The van der Waals surface area contributed by atoms with E-state index in [1.807, 2.05) is 36.4 Å². The van der Waals surface area contributed by atoms with E-state index in [1.54, 1.807) is 0 Å². The van der Waals surface area contributed by atoms with Crippen LogP contribution in [0.5, 0.6) is 0 Å². The summed E-state index contributed by atoms with van der Waals surface area (Å²) in [6.07, 6.45) is 0.996. The largest absolute Gasteiger partial charge is 0.401 e. The van der Waals surface area contributed by atoms with Crippen molar-refractivity contribution in [3.8, 4) is 0 Å². The minimum atomic E-state index is -1.62. The van der Waals surface area contributed by atoms with Gasteiger partial charge in [-0.1, -0.05) is 60.7 Å². The second kappa shape index (κ2) is 5.51. The molecule has 2 rings (SSSR count). The quantitative estimate of drug-likeness (QED) is 0.733. The van der Waals surface area contributed by atoms with Crippen molar-refractivity contribution in [2.24, 2.45) is 0 Å². The Hall–Kier alpha value is -1.38. The molecular formula is C16H19OSi. The first-order chi connectivity index (χ1) is 8.56.